The summed E-state index contributed by atoms with van der Waals surface area (Å²) < 4.78 is 5.65. The number of carbonyl (C=O) groups excluding carboxylic acids is 1. The highest BCUT2D eigenvalue weighted by Gasteiger charge is 2.16. The Balaban J connectivity index is 1.95. The molecule has 0 radical (unpaired) electrons. The van der Waals surface area contributed by atoms with Gasteiger partial charge < -0.3 is 4.74 Å². The maximum absolute atomic E-state index is 12.1. The smallest absolute Gasteiger partial charge is 0.266 e. The summed E-state index contributed by atoms with van der Waals surface area (Å²) in [5.74, 6) is 0.855. The number of aryl methyl sites for hydroxylation is 1. The largest absolute Gasteiger partial charge is 0.481 e. The van der Waals surface area contributed by atoms with Gasteiger partial charge in [0.15, 0.2) is 11.2 Å². The second-order valence-electron chi connectivity index (χ2n) is 5.30. The highest BCUT2D eigenvalue weighted by molar-refractivity contribution is 7.13. The van der Waals surface area contributed by atoms with Crippen LogP contribution in [0.15, 0.2) is 29.6 Å². The lowest BCUT2D eigenvalue weighted by Gasteiger charge is -2.14. The van der Waals surface area contributed by atoms with Crippen LogP contribution in [0.2, 0.25) is 0 Å². The van der Waals surface area contributed by atoms with E-state index in [2.05, 4.69) is 24.1 Å². The van der Waals surface area contributed by atoms with Gasteiger partial charge in [-0.05, 0) is 37.5 Å². The van der Waals surface area contributed by atoms with Gasteiger partial charge in [-0.2, -0.15) is 0 Å². The van der Waals surface area contributed by atoms with Crippen LogP contribution in [-0.4, -0.2) is 17.0 Å². The summed E-state index contributed by atoms with van der Waals surface area (Å²) in [5, 5.41) is 5.37. The van der Waals surface area contributed by atoms with Crippen molar-refractivity contribution in [1.29, 1.82) is 0 Å². The van der Waals surface area contributed by atoms with Gasteiger partial charge in [-0.3, -0.25) is 10.1 Å². The molecule has 0 spiro atoms. The van der Waals surface area contributed by atoms with Gasteiger partial charge >= 0.3 is 0 Å². The van der Waals surface area contributed by atoms with Crippen LogP contribution in [-0.2, 0) is 4.79 Å². The van der Waals surface area contributed by atoms with Gasteiger partial charge in [-0.15, -0.1) is 11.3 Å². The van der Waals surface area contributed by atoms with Crippen LogP contribution in [0.1, 0.15) is 37.9 Å². The van der Waals surface area contributed by atoms with Crippen molar-refractivity contribution in [2.75, 3.05) is 5.32 Å². The average Bonchev–Trinajstić information content (AvgIpc) is 2.87. The summed E-state index contributed by atoms with van der Waals surface area (Å²) in [6.45, 7) is 7.86. The van der Waals surface area contributed by atoms with E-state index in [4.69, 9.17) is 4.74 Å². The minimum absolute atomic E-state index is 0.193. The summed E-state index contributed by atoms with van der Waals surface area (Å²) in [4.78, 5) is 16.5. The van der Waals surface area contributed by atoms with Gasteiger partial charge in [-0.25, -0.2) is 4.98 Å². The third-order valence-corrected chi connectivity index (χ3v) is 3.79. The minimum atomic E-state index is -0.571. The molecule has 0 saturated carbocycles. The van der Waals surface area contributed by atoms with Crippen LogP contribution in [0.4, 0.5) is 5.13 Å². The number of aromatic nitrogens is 1. The van der Waals surface area contributed by atoms with Gasteiger partial charge in [-0.1, -0.05) is 26.0 Å². The zero-order valence-electron chi connectivity index (χ0n) is 12.7. The first-order chi connectivity index (χ1) is 9.95. The van der Waals surface area contributed by atoms with E-state index in [0.29, 0.717) is 16.8 Å². The van der Waals surface area contributed by atoms with Gasteiger partial charge in [0.2, 0.25) is 0 Å². The Bertz CT molecular complexity index is 622. The normalized spacial score (nSPS) is 12.2. The Kier molecular flexibility index (Phi) is 4.96. The van der Waals surface area contributed by atoms with Gasteiger partial charge in [0.25, 0.3) is 5.91 Å². The molecular formula is C16H20N2O2S. The summed E-state index contributed by atoms with van der Waals surface area (Å²) >= 11 is 1.43. The van der Waals surface area contributed by atoms with E-state index in [1.165, 1.54) is 11.3 Å². The average molecular weight is 304 g/mol. The van der Waals surface area contributed by atoms with Crippen molar-refractivity contribution < 1.29 is 9.53 Å². The first-order valence-corrected chi connectivity index (χ1v) is 7.83. The van der Waals surface area contributed by atoms with Crippen LogP contribution >= 0.6 is 11.3 Å². The predicted octanol–water partition coefficient (Wildman–Crippen LogP) is 3.98. The molecule has 5 heteroatoms. The van der Waals surface area contributed by atoms with Gasteiger partial charge in [0.1, 0.15) is 5.75 Å². The van der Waals surface area contributed by atoms with E-state index in [1.807, 2.05) is 36.6 Å². The molecule has 1 heterocycles. The maximum atomic E-state index is 12.1. The molecule has 0 saturated heterocycles. The van der Waals surface area contributed by atoms with Crippen LogP contribution in [0.25, 0.3) is 0 Å². The molecule has 1 amide bonds. The van der Waals surface area contributed by atoms with Crippen LogP contribution in [0.3, 0.4) is 0 Å². The Hall–Kier alpha value is -1.88. The SMILES string of the molecule is Cc1cccc(OC(C)C(=O)Nc2nc(C(C)C)cs2)c1. The second kappa shape index (κ2) is 6.72. The highest BCUT2D eigenvalue weighted by atomic mass is 32.1. The number of nitrogens with one attached hydrogen (secondary N) is 1. The van der Waals surface area contributed by atoms with Crippen molar-refractivity contribution in [1.82, 2.24) is 4.98 Å². The van der Waals surface area contributed by atoms with Crippen molar-refractivity contribution >= 4 is 22.4 Å². The molecular weight excluding hydrogens is 284 g/mol. The molecule has 0 aliphatic carbocycles. The molecule has 4 nitrogen and oxygen atoms in total. The second-order valence-corrected chi connectivity index (χ2v) is 6.16. The number of rotatable bonds is 5. The topological polar surface area (TPSA) is 51.2 Å². The number of amides is 1. The molecule has 2 rings (SSSR count). The molecule has 0 bridgehead atoms. The van der Waals surface area contributed by atoms with Crippen LogP contribution in [0, 0.1) is 6.92 Å². The third kappa shape index (κ3) is 4.29. The fourth-order valence-corrected chi connectivity index (χ4v) is 2.64. The van der Waals surface area contributed by atoms with Crippen molar-refractivity contribution in [3.05, 3.63) is 40.9 Å². The van der Waals surface area contributed by atoms with Crippen molar-refractivity contribution in [2.24, 2.45) is 0 Å². The standard InChI is InChI=1S/C16H20N2O2S/c1-10(2)14-9-21-16(17-14)18-15(19)12(4)20-13-7-5-6-11(3)8-13/h5-10,12H,1-4H3,(H,17,18,19). The Morgan fingerprint density at radius 1 is 1.33 bits per heavy atom. The molecule has 1 aromatic heterocycles. The molecule has 0 aliphatic heterocycles. The number of thiazole rings is 1. The first kappa shape index (κ1) is 15.5. The lowest BCUT2D eigenvalue weighted by Crippen LogP contribution is -2.30. The zero-order chi connectivity index (χ0) is 15.4. The number of hydrogen-bond acceptors (Lipinski definition) is 4. The molecule has 1 unspecified atom stereocenters. The van der Waals surface area contributed by atoms with E-state index in [1.54, 1.807) is 6.92 Å². The summed E-state index contributed by atoms with van der Waals surface area (Å²) in [6, 6.07) is 7.65. The lowest BCUT2D eigenvalue weighted by molar-refractivity contribution is -0.122. The van der Waals surface area contributed by atoms with Crippen molar-refractivity contribution in [3.8, 4) is 5.75 Å². The van der Waals surface area contributed by atoms with Gasteiger partial charge in [0, 0.05) is 5.38 Å². The predicted molar refractivity (Wildman–Crippen MR) is 86.1 cm³/mol. The summed E-state index contributed by atoms with van der Waals surface area (Å²) in [5.41, 5.74) is 2.09. The van der Waals surface area contributed by atoms with E-state index >= 15 is 0 Å². The fraction of sp³-hybridized carbons (Fsp3) is 0.375. The van der Waals surface area contributed by atoms with E-state index in [-0.39, 0.29) is 5.91 Å². The Morgan fingerprint density at radius 3 is 2.71 bits per heavy atom. The van der Waals surface area contributed by atoms with E-state index in [9.17, 15) is 4.79 Å². The first-order valence-electron chi connectivity index (χ1n) is 6.95. The molecule has 0 aliphatic rings. The number of nitrogens with zero attached hydrogens (tertiary/aromatic N) is 1. The van der Waals surface area contributed by atoms with E-state index in [0.717, 1.165) is 11.3 Å². The lowest BCUT2D eigenvalue weighted by atomic mass is 10.2. The molecule has 1 N–H and O–H groups in total. The zero-order valence-corrected chi connectivity index (χ0v) is 13.5. The quantitative estimate of drug-likeness (QED) is 0.909. The van der Waals surface area contributed by atoms with Crippen molar-refractivity contribution in [2.45, 2.75) is 39.7 Å². The van der Waals surface area contributed by atoms with Crippen molar-refractivity contribution in [3.63, 3.8) is 0 Å². The highest BCUT2D eigenvalue weighted by Crippen LogP contribution is 2.22. The molecule has 112 valence electrons. The number of benzene rings is 1. The van der Waals surface area contributed by atoms with Crippen LogP contribution < -0.4 is 10.1 Å². The number of carbonyl (C=O) groups is 1. The molecule has 2 aromatic rings. The summed E-state index contributed by atoms with van der Waals surface area (Å²) in [6.07, 6.45) is -0.571. The molecule has 1 atom stereocenters. The fourth-order valence-electron chi connectivity index (χ4n) is 1.76. The number of ether oxygens (including phenoxy) is 1. The third-order valence-electron chi connectivity index (χ3n) is 3.02. The Labute approximate surface area is 129 Å². The Morgan fingerprint density at radius 2 is 2.10 bits per heavy atom. The number of hydrogen-bond donors (Lipinski definition) is 1. The van der Waals surface area contributed by atoms with E-state index < -0.39 is 6.10 Å². The molecule has 21 heavy (non-hydrogen) atoms. The van der Waals surface area contributed by atoms with Crippen LogP contribution in [0.5, 0.6) is 5.75 Å². The van der Waals surface area contributed by atoms with Gasteiger partial charge in [0.05, 0.1) is 5.69 Å². The summed E-state index contributed by atoms with van der Waals surface area (Å²) in [7, 11) is 0. The monoisotopic (exact) mass is 304 g/mol. The molecule has 0 fully saturated rings. The number of anilines is 1. The molecule has 1 aromatic carbocycles. The maximum Gasteiger partial charge on any atom is 0.266 e. The minimum Gasteiger partial charge on any atom is -0.481 e.